The van der Waals surface area contributed by atoms with Crippen LogP contribution >= 0.6 is 12.4 Å². The number of anilines is 1. The molecule has 0 radical (unpaired) electrons. The van der Waals surface area contributed by atoms with E-state index in [0.29, 0.717) is 23.5 Å². The Balaban J connectivity index is 0.00000220. The summed E-state index contributed by atoms with van der Waals surface area (Å²) in [6, 6.07) is 5.23. The molecular formula is C15H21ClN2O3. The van der Waals surface area contributed by atoms with Crippen LogP contribution in [0.3, 0.4) is 0 Å². The van der Waals surface area contributed by atoms with E-state index in [0.717, 1.165) is 13.0 Å². The lowest BCUT2D eigenvalue weighted by Gasteiger charge is -2.30. The summed E-state index contributed by atoms with van der Waals surface area (Å²) in [5.41, 5.74) is 1.30. The summed E-state index contributed by atoms with van der Waals surface area (Å²) in [6.07, 6.45) is 0.877. The van der Waals surface area contributed by atoms with Gasteiger partial charge in [0.25, 0.3) is 5.91 Å². The molecule has 6 heteroatoms. The number of amides is 1. The maximum absolute atomic E-state index is 12.0. The Kier molecular flexibility index (Phi) is 6.18. The molecule has 116 valence electrons. The Bertz CT molecular complexity index is 532. The largest absolute Gasteiger partial charge is 0.482 e. The van der Waals surface area contributed by atoms with E-state index in [4.69, 9.17) is 4.74 Å². The number of ether oxygens (including phenoxy) is 1. The number of hydrogen-bond acceptors (Lipinski definition) is 4. The van der Waals surface area contributed by atoms with Crippen LogP contribution < -0.4 is 9.64 Å². The zero-order chi connectivity index (χ0) is 14.7. The molecule has 1 amide bonds. The summed E-state index contributed by atoms with van der Waals surface area (Å²) in [7, 11) is 4.01. The third-order valence-electron chi connectivity index (χ3n) is 3.30. The molecule has 1 aromatic rings. The van der Waals surface area contributed by atoms with Crippen LogP contribution in [0.1, 0.15) is 23.7 Å². The van der Waals surface area contributed by atoms with Crippen molar-refractivity contribution >= 4 is 29.8 Å². The van der Waals surface area contributed by atoms with Crippen molar-refractivity contribution in [1.82, 2.24) is 4.90 Å². The number of benzene rings is 1. The second-order valence-electron chi connectivity index (χ2n) is 5.23. The van der Waals surface area contributed by atoms with Crippen LogP contribution in [0.5, 0.6) is 5.75 Å². The van der Waals surface area contributed by atoms with Crippen LogP contribution in [0.15, 0.2) is 18.2 Å². The fourth-order valence-corrected chi connectivity index (χ4v) is 2.21. The van der Waals surface area contributed by atoms with Gasteiger partial charge in [0, 0.05) is 12.1 Å². The highest BCUT2D eigenvalue weighted by Crippen LogP contribution is 2.33. The zero-order valence-electron chi connectivity index (χ0n) is 12.6. The molecule has 0 atom stereocenters. The Morgan fingerprint density at radius 2 is 2.10 bits per heavy atom. The van der Waals surface area contributed by atoms with Crippen molar-refractivity contribution in [3.63, 3.8) is 0 Å². The second-order valence-corrected chi connectivity index (χ2v) is 5.23. The maximum atomic E-state index is 12.0. The SMILES string of the molecule is CC(=O)c1ccc2c(c1)N(CCCN(C)C)C(=O)CO2.Cl. The highest BCUT2D eigenvalue weighted by atomic mass is 35.5. The van der Waals surface area contributed by atoms with Gasteiger partial charge in [0.2, 0.25) is 0 Å². The van der Waals surface area contributed by atoms with Gasteiger partial charge in [-0.05, 0) is 52.2 Å². The van der Waals surface area contributed by atoms with Gasteiger partial charge in [0.05, 0.1) is 5.69 Å². The van der Waals surface area contributed by atoms with Crippen molar-refractivity contribution < 1.29 is 14.3 Å². The minimum absolute atomic E-state index is 0. The predicted octanol–water partition coefficient (Wildman–Crippen LogP) is 1.99. The van der Waals surface area contributed by atoms with E-state index in [1.54, 1.807) is 23.1 Å². The minimum atomic E-state index is -0.0584. The van der Waals surface area contributed by atoms with Gasteiger partial charge in [0.15, 0.2) is 12.4 Å². The molecule has 2 rings (SSSR count). The lowest BCUT2D eigenvalue weighted by Crippen LogP contribution is -2.40. The monoisotopic (exact) mass is 312 g/mol. The highest BCUT2D eigenvalue weighted by molar-refractivity contribution is 6.01. The van der Waals surface area contributed by atoms with Gasteiger partial charge in [0.1, 0.15) is 5.75 Å². The van der Waals surface area contributed by atoms with Gasteiger partial charge in [-0.3, -0.25) is 9.59 Å². The van der Waals surface area contributed by atoms with Gasteiger partial charge in [-0.1, -0.05) is 0 Å². The molecule has 21 heavy (non-hydrogen) atoms. The number of halogens is 1. The standard InChI is InChI=1S/C15H20N2O3.ClH/c1-11(18)12-5-6-14-13(9-12)17(15(19)10-20-14)8-4-7-16(2)3;/h5-6,9H,4,7-8,10H2,1-3H3;1H. The minimum Gasteiger partial charge on any atom is -0.482 e. The van der Waals surface area contributed by atoms with E-state index in [2.05, 4.69) is 4.90 Å². The molecule has 1 aliphatic heterocycles. The van der Waals surface area contributed by atoms with Gasteiger partial charge in [-0.2, -0.15) is 0 Å². The molecule has 0 aliphatic carbocycles. The van der Waals surface area contributed by atoms with Crippen LogP contribution in [0, 0.1) is 0 Å². The number of fused-ring (bicyclic) bond motifs is 1. The smallest absolute Gasteiger partial charge is 0.265 e. The molecule has 0 fully saturated rings. The van der Waals surface area contributed by atoms with Gasteiger partial charge >= 0.3 is 0 Å². The van der Waals surface area contributed by atoms with E-state index in [-0.39, 0.29) is 30.7 Å². The Morgan fingerprint density at radius 3 is 2.71 bits per heavy atom. The number of Topliss-reactive ketones (excluding diaryl/α,β-unsaturated/α-hetero) is 1. The van der Waals surface area contributed by atoms with Crippen LogP contribution in [-0.2, 0) is 4.79 Å². The van der Waals surface area contributed by atoms with Crippen LogP contribution in [0.25, 0.3) is 0 Å². The number of ketones is 1. The number of carbonyl (C=O) groups is 2. The molecule has 1 aromatic carbocycles. The summed E-state index contributed by atoms with van der Waals surface area (Å²) >= 11 is 0. The summed E-state index contributed by atoms with van der Waals surface area (Å²) in [5, 5.41) is 0. The van der Waals surface area contributed by atoms with Gasteiger partial charge < -0.3 is 14.5 Å². The Labute approximate surface area is 131 Å². The third-order valence-corrected chi connectivity index (χ3v) is 3.30. The lowest BCUT2D eigenvalue weighted by molar-refractivity contribution is -0.121. The molecule has 1 heterocycles. The van der Waals surface area contributed by atoms with Gasteiger partial charge in [-0.15, -0.1) is 12.4 Å². The Hall–Kier alpha value is -1.59. The van der Waals surface area contributed by atoms with Crippen LogP contribution in [-0.4, -0.2) is 50.4 Å². The van der Waals surface area contributed by atoms with Gasteiger partial charge in [-0.25, -0.2) is 0 Å². The molecule has 1 aliphatic rings. The first-order valence-electron chi connectivity index (χ1n) is 6.72. The molecule has 0 N–H and O–H groups in total. The third kappa shape index (κ3) is 4.19. The lowest BCUT2D eigenvalue weighted by atomic mass is 10.1. The highest BCUT2D eigenvalue weighted by Gasteiger charge is 2.25. The number of nitrogens with zero attached hydrogens (tertiary/aromatic N) is 2. The average Bonchev–Trinajstić information content (AvgIpc) is 2.40. The fourth-order valence-electron chi connectivity index (χ4n) is 2.21. The molecule has 0 spiro atoms. The van der Waals surface area contributed by atoms with E-state index >= 15 is 0 Å². The van der Waals surface area contributed by atoms with Crippen LogP contribution in [0.2, 0.25) is 0 Å². The van der Waals surface area contributed by atoms with Crippen molar-refractivity contribution in [2.24, 2.45) is 0 Å². The first-order valence-corrected chi connectivity index (χ1v) is 6.72. The summed E-state index contributed by atoms with van der Waals surface area (Å²) in [4.78, 5) is 27.3. The molecular weight excluding hydrogens is 292 g/mol. The summed E-state index contributed by atoms with van der Waals surface area (Å²) in [6.45, 7) is 3.12. The first kappa shape index (κ1) is 17.5. The molecule has 0 aromatic heterocycles. The van der Waals surface area contributed by atoms with E-state index < -0.39 is 0 Å². The summed E-state index contributed by atoms with van der Waals surface area (Å²) < 4.78 is 5.42. The molecule has 0 saturated heterocycles. The molecule has 0 unspecified atom stereocenters. The fraction of sp³-hybridized carbons (Fsp3) is 0.467. The van der Waals surface area contributed by atoms with E-state index in [1.165, 1.54) is 6.92 Å². The molecule has 0 saturated carbocycles. The predicted molar refractivity (Wildman–Crippen MR) is 84.7 cm³/mol. The average molecular weight is 313 g/mol. The normalized spacial score (nSPS) is 13.5. The number of carbonyl (C=O) groups excluding carboxylic acids is 2. The van der Waals surface area contributed by atoms with Crippen LogP contribution in [0.4, 0.5) is 5.69 Å². The summed E-state index contributed by atoms with van der Waals surface area (Å²) in [5.74, 6) is 0.593. The van der Waals surface area contributed by atoms with Crippen molar-refractivity contribution in [1.29, 1.82) is 0 Å². The Morgan fingerprint density at radius 1 is 1.38 bits per heavy atom. The first-order chi connectivity index (χ1) is 9.49. The zero-order valence-corrected chi connectivity index (χ0v) is 13.4. The second kappa shape index (κ2) is 7.43. The topological polar surface area (TPSA) is 49.9 Å². The molecule has 0 bridgehead atoms. The van der Waals surface area contributed by atoms with Crippen molar-refractivity contribution in [2.45, 2.75) is 13.3 Å². The molecule has 5 nitrogen and oxygen atoms in total. The van der Waals surface area contributed by atoms with Crippen molar-refractivity contribution in [3.8, 4) is 5.75 Å². The quantitative estimate of drug-likeness (QED) is 0.780. The number of rotatable bonds is 5. The van der Waals surface area contributed by atoms with Crippen molar-refractivity contribution in [2.75, 3.05) is 38.7 Å². The van der Waals surface area contributed by atoms with E-state index in [9.17, 15) is 9.59 Å². The van der Waals surface area contributed by atoms with Crippen molar-refractivity contribution in [3.05, 3.63) is 23.8 Å². The van der Waals surface area contributed by atoms with E-state index in [1.807, 2.05) is 14.1 Å². The number of hydrogen-bond donors (Lipinski definition) is 0. The maximum Gasteiger partial charge on any atom is 0.265 e.